The van der Waals surface area contributed by atoms with Crippen LogP contribution in [0.15, 0.2) is 0 Å². The van der Waals surface area contributed by atoms with Gasteiger partial charge in [-0.3, -0.25) is 0 Å². The summed E-state index contributed by atoms with van der Waals surface area (Å²) in [5.74, 6) is -0.0362. The SMILES string of the molecule is CC(O)(CNC(=O)NC1CC2CCC1C2)C(=O)O. The molecule has 18 heavy (non-hydrogen) atoms. The number of rotatable bonds is 4. The maximum atomic E-state index is 11.6. The fraction of sp³-hybridized carbons (Fsp3) is 0.833. The largest absolute Gasteiger partial charge is 0.479 e. The molecule has 0 aromatic rings. The molecule has 2 bridgehead atoms. The van der Waals surface area contributed by atoms with E-state index in [2.05, 4.69) is 10.6 Å². The number of carboxylic acids is 1. The van der Waals surface area contributed by atoms with Gasteiger partial charge in [-0.15, -0.1) is 0 Å². The first-order valence-electron chi connectivity index (χ1n) is 6.38. The Labute approximate surface area is 106 Å². The lowest BCUT2D eigenvalue weighted by atomic mass is 9.95. The summed E-state index contributed by atoms with van der Waals surface area (Å²) in [5, 5.41) is 23.4. The van der Waals surface area contributed by atoms with Gasteiger partial charge in [-0.1, -0.05) is 6.42 Å². The van der Waals surface area contributed by atoms with Gasteiger partial charge in [0.1, 0.15) is 0 Å². The van der Waals surface area contributed by atoms with Gasteiger partial charge in [0.25, 0.3) is 0 Å². The minimum Gasteiger partial charge on any atom is -0.479 e. The van der Waals surface area contributed by atoms with E-state index >= 15 is 0 Å². The van der Waals surface area contributed by atoms with Crippen molar-refractivity contribution >= 4 is 12.0 Å². The van der Waals surface area contributed by atoms with E-state index in [-0.39, 0.29) is 12.6 Å². The first-order chi connectivity index (χ1) is 8.38. The molecule has 4 unspecified atom stereocenters. The fourth-order valence-corrected chi connectivity index (χ4v) is 2.97. The second kappa shape index (κ2) is 4.76. The highest BCUT2D eigenvalue weighted by atomic mass is 16.4. The lowest BCUT2D eigenvalue weighted by Gasteiger charge is -2.24. The van der Waals surface area contributed by atoms with Crippen LogP contribution < -0.4 is 10.6 Å². The molecule has 0 radical (unpaired) electrons. The van der Waals surface area contributed by atoms with Gasteiger partial charge in [0.2, 0.25) is 0 Å². The van der Waals surface area contributed by atoms with Crippen molar-refractivity contribution < 1.29 is 19.8 Å². The first kappa shape index (κ1) is 13.1. The Morgan fingerprint density at radius 2 is 2.06 bits per heavy atom. The Morgan fingerprint density at radius 1 is 1.33 bits per heavy atom. The van der Waals surface area contributed by atoms with E-state index in [1.165, 1.54) is 19.3 Å². The molecule has 0 aliphatic heterocycles. The van der Waals surface area contributed by atoms with Crippen molar-refractivity contribution in [1.82, 2.24) is 10.6 Å². The number of nitrogens with one attached hydrogen (secondary N) is 2. The zero-order valence-corrected chi connectivity index (χ0v) is 10.5. The van der Waals surface area contributed by atoms with E-state index in [0.29, 0.717) is 5.92 Å². The lowest BCUT2D eigenvalue weighted by molar-refractivity contribution is -0.155. The molecule has 6 heteroatoms. The number of hydrogen-bond acceptors (Lipinski definition) is 3. The van der Waals surface area contributed by atoms with Crippen LogP contribution in [0.5, 0.6) is 0 Å². The average Bonchev–Trinajstić information content (AvgIpc) is 2.88. The normalized spacial score (nSPS) is 32.9. The van der Waals surface area contributed by atoms with Crippen LogP contribution in [0.2, 0.25) is 0 Å². The Kier molecular flexibility index (Phi) is 3.47. The first-order valence-corrected chi connectivity index (χ1v) is 6.38. The molecule has 2 saturated carbocycles. The summed E-state index contributed by atoms with van der Waals surface area (Å²) >= 11 is 0. The number of aliphatic carboxylic acids is 1. The minimum atomic E-state index is -1.92. The number of urea groups is 1. The van der Waals surface area contributed by atoms with E-state index in [1.807, 2.05) is 0 Å². The molecule has 2 fully saturated rings. The maximum Gasteiger partial charge on any atom is 0.337 e. The number of amides is 2. The Bertz CT molecular complexity index is 356. The molecule has 0 aromatic heterocycles. The molecule has 2 rings (SSSR count). The fourth-order valence-electron chi connectivity index (χ4n) is 2.97. The third kappa shape index (κ3) is 2.75. The Balaban J connectivity index is 1.74. The monoisotopic (exact) mass is 256 g/mol. The Hall–Kier alpha value is -1.30. The molecule has 2 amide bonds. The minimum absolute atomic E-state index is 0.207. The van der Waals surface area contributed by atoms with Crippen LogP contribution in [0, 0.1) is 11.8 Å². The molecule has 2 aliphatic carbocycles. The van der Waals surface area contributed by atoms with Crippen LogP contribution >= 0.6 is 0 Å². The predicted molar refractivity (Wildman–Crippen MR) is 64.0 cm³/mol. The van der Waals surface area contributed by atoms with Gasteiger partial charge in [-0.2, -0.15) is 0 Å². The second-order valence-corrected chi connectivity index (χ2v) is 5.69. The highest BCUT2D eigenvalue weighted by Crippen LogP contribution is 2.44. The molecule has 0 aromatic carbocycles. The van der Waals surface area contributed by atoms with Gasteiger partial charge in [-0.25, -0.2) is 9.59 Å². The summed E-state index contributed by atoms with van der Waals surface area (Å²) in [6.07, 6.45) is 4.64. The summed E-state index contributed by atoms with van der Waals surface area (Å²) < 4.78 is 0. The van der Waals surface area contributed by atoms with Gasteiger partial charge in [0, 0.05) is 6.04 Å². The quantitative estimate of drug-likeness (QED) is 0.581. The molecule has 4 N–H and O–H groups in total. The van der Waals surface area contributed by atoms with Crippen LogP contribution in [-0.2, 0) is 4.79 Å². The summed E-state index contributed by atoms with van der Waals surface area (Å²) in [6, 6.07) is -0.187. The standard InChI is InChI=1S/C12H20N2O4/c1-12(18,10(15)16)6-13-11(17)14-9-5-7-2-3-8(9)4-7/h7-9,18H,2-6H2,1H3,(H,15,16)(H2,13,14,17). The number of carbonyl (C=O) groups is 2. The molecule has 6 nitrogen and oxygen atoms in total. The van der Waals surface area contributed by atoms with Crippen molar-refractivity contribution in [3.63, 3.8) is 0 Å². The van der Waals surface area contributed by atoms with Crippen LogP contribution in [0.25, 0.3) is 0 Å². The average molecular weight is 256 g/mol. The summed E-state index contributed by atoms with van der Waals surface area (Å²) in [7, 11) is 0. The van der Waals surface area contributed by atoms with Gasteiger partial charge < -0.3 is 20.8 Å². The molecule has 0 saturated heterocycles. The highest BCUT2D eigenvalue weighted by molar-refractivity contribution is 5.79. The molecular weight excluding hydrogens is 236 g/mol. The molecular formula is C12H20N2O4. The number of carboxylic acid groups (broad SMARTS) is 1. The zero-order chi connectivity index (χ0) is 13.3. The lowest BCUT2D eigenvalue weighted by Crippen LogP contribution is -2.51. The number of fused-ring (bicyclic) bond motifs is 2. The third-order valence-electron chi connectivity index (χ3n) is 4.11. The van der Waals surface area contributed by atoms with Crippen LogP contribution in [0.3, 0.4) is 0 Å². The van der Waals surface area contributed by atoms with E-state index in [9.17, 15) is 14.7 Å². The van der Waals surface area contributed by atoms with Crippen LogP contribution in [-0.4, -0.2) is 40.4 Å². The van der Waals surface area contributed by atoms with Crippen LogP contribution in [0.4, 0.5) is 4.79 Å². The van der Waals surface area contributed by atoms with Crippen molar-refractivity contribution in [3.05, 3.63) is 0 Å². The zero-order valence-electron chi connectivity index (χ0n) is 10.5. The number of aliphatic hydroxyl groups is 1. The number of hydrogen-bond donors (Lipinski definition) is 4. The smallest absolute Gasteiger partial charge is 0.337 e. The van der Waals surface area contributed by atoms with E-state index in [1.54, 1.807) is 0 Å². The predicted octanol–water partition coefficient (Wildman–Crippen LogP) is 0.310. The second-order valence-electron chi connectivity index (χ2n) is 5.69. The van der Waals surface area contributed by atoms with Crippen molar-refractivity contribution in [3.8, 4) is 0 Å². The Morgan fingerprint density at radius 3 is 2.56 bits per heavy atom. The summed E-state index contributed by atoms with van der Waals surface area (Å²) in [4.78, 5) is 22.3. The van der Waals surface area contributed by atoms with Gasteiger partial charge in [0.15, 0.2) is 5.60 Å². The third-order valence-corrected chi connectivity index (χ3v) is 4.11. The van der Waals surface area contributed by atoms with Crippen molar-refractivity contribution in [1.29, 1.82) is 0 Å². The van der Waals surface area contributed by atoms with Gasteiger partial charge >= 0.3 is 12.0 Å². The topological polar surface area (TPSA) is 98.7 Å². The van der Waals surface area contributed by atoms with Crippen molar-refractivity contribution in [2.75, 3.05) is 6.54 Å². The molecule has 0 heterocycles. The highest BCUT2D eigenvalue weighted by Gasteiger charge is 2.40. The van der Waals surface area contributed by atoms with Gasteiger partial charge in [0.05, 0.1) is 6.54 Å². The molecule has 2 aliphatic rings. The van der Waals surface area contributed by atoms with E-state index in [4.69, 9.17) is 5.11 Å². The molecule has 102 valence electrons. The van der Waals surface area contributed by atoms with Crippen molar-refractivity contribution in [2.24, 2.45) is 11.8 Å². The molecule has 0 spiro atoms. The number of carbonyl (C=O) groups excluding carboxylic acids is 1. The van der Waals surface area contributed by atoms with E-state index < -0.39 is 17.6 Å². The van der Waals surface area contributed by atoms with Crippen molar-refractivity contribution in [2.45, 2.75) is 44.2 Å². The van der Waals surface area contributed by atoms with Crippen LogP contribution in [0.1, 0.15) is 32.6 Å². The van der Waals surface area contributed by atoms with Gasteiger partial charge in [-0.05, 0) is 38.0 Å². The molecule has 4 atom stereocenters. The maximum absolute atomic E-state index is 11.6. The summed E-state index contributed by atoms with van der Waals surface area (Å²) in [5.41, 5.74) is -1.92. The summed E-state index contributed by atoms with van der Waals surface area (Å²) in [6.45, 7) is 0.863. The van der Waals surface area contributed by atoms with E-state index in [0.717, 1.165) is 19.3 Å².